The van der Waals surface area contributed by atoms with Gasteiger partial charge in [0, 0.05) is 21.7 Å². The first-order chi connectivity index (χ1) is 3.00. The fourth-order valence-corrected chi connectivity index (χ4v) is 0.342. The molecule has 0 aliphatic carbocycles. The number of halogens is 3. The molecule has 0 aliphatic heterocycles. The van der Waals surface area contributed by atoms with E-state index in [1.165, 1.54) is 0 Å². The number of benzene rings is 1. The summed E-state index contributed by atoms with van der Waals surface area (Å²) in [5.41, 5.74) is 0. The van der Waals surface area contributed by atoms with Crippen LogP contribution in [0.3, 0.4) is 0 Å². The Kier molecular flexibility index (Phi) is 36.8. The third-order valence-electron chi connectivity index (χ3n) is 0.607. The molecule has 4 heteroatoms. The summed E-state index contributed by atoms with van der Waals surface area (Å²) in [5.74, 6) is 0. The van der Waals surface area contributed by atoms with Gasteiger partial charge in [-0.1, -0.05) is 0 Å². The average Bonchev–Trinajstić information content (AvgIpc) is 1.72. The molecule has 0 unspecified atom stereocenters. The Morgan fingerprint density at radius 1 is 0.700 bits per heavy atom. The van der Waals surface area contributed by atoms with E-state index in [-0.39, 0.29) is 58.9 Å². The molecule has 0 saturated carbocycles. The molecule has 0 saturated heterocycles. The van der Waals surface area contributed by atoms with E-state index in [0.29, 0.717) is 0 Å². The fraction of sp³-hybridized carbons (Fsp3) is 0. The molecule has 0 aromatic heterocycles. The molecule has 58 valence electrons. The van der Waals surface area contributed by atoms with Gasteiger partial charge < -0.3 is 0 Å². The topological polar surface area (TPSA) is 0 Å². The molecule has 1 aromatic rings. The maximum absolute atomic E-state index is 2.89. The van der Waals surface area contributed by atoms with Crippen molar-refractivity contribution in [2.45, 2.75) is 0 Å². The Morgan fingerprint density at radius 2 is 1.10 bits per heavy atom. The van der Waals surface area contributed by atoms with Crippen molar-refractivity contribution in [1.29, 1.82) is 0 Å². The number of hydrogen-bond acceptors (Lipinski definition) is 0. The van der Waals surface area contributed by atoms with Gasteiger partial charge in [-0.25, -0.2) is 0 Å². The van der Waals surface area contributed by atoms with Crippen molar-refractivity contribution in [3.8, 4) is 0 Å². The van der Waals surface area contributed by atoms with E-state index in [4.69, 9.17) is 0 Å². The molecule has 0 amide bonds. The van der Waals surface area contributed by atoms with Crippen LogP contribution in [0.5, 0.6) is 0 Å². The first kappa shape index (κ1) is 22.4. The summed E-state index contributed by atoms with van der Waals surface area (Å²) in [6.07, 6.45) is 0. The summed E-state index contributed by atoms with van der Waals surface area (Å²) in [5, 5.41) is 0. The summed E-state index contributed by atoms with van der Waals surface area (Å²) >= 11 is 0. The minimum atomic E-state index is 0. The molecule has 0 fully saturated rings. The van der Waals surface area contributed by atoms with Crippen molar-refractivity contribution in [3.05, 3.63) is 36.4 Å². The molecule has 0 aliphatic rings. The minimum absolute atomic E-state index is 0. The molecule has 10 heavy (non-hydrogen) atoms. The molecule has 0 spiro atoms. The first-order valence-electron chi connectivity index (χ1n) is 1.91. The smallest absolute Gasteiger partial charge is 0 e. The zero-order valence-electron chi connectivity index (χ0n) is 5.11. The number of hydrogen-bond donors (Lipinski definition) is 0. The molecular formula is C6H8Cl3Ti-. The van der Waals surface area contributed by atoms with Gasteiger partial charge in [-0.3, -0.25) is 0 Å². The normalized spacial score (nSPS) is 4.80. The Balaban J connectivity index is -0.0000000450. The van der Waals surface area contributed by atoms with Crippen LogP contribution in [0.2, 0.25) is 0 Å². The van der Waals surface area contributed by atoms with Crippen LogP contribution in [0, 0.1) is 6.07 Å². The standard InChI is InChI=1S/C6H5.3ClH.Ti/c1-2-4-6-5-3-1;;;;/h1-5H;3*1H;/q-1;;;;. The van der Waals surface area contributed by atoms with Gasteiger partial charge in [-0.2, -0.15) is 36.4 Å². The summed E-state index contributed by atoms with van der Waals surface area (Å²) in [6.45, 7) is 0. The largest absolute Gasteiger partial charge is 0.184 e. The van der Waals surface area contributed by atoms with Crippen LogP contribution in [0.25, 0.3) is 0 Å². The fourth-order valence-electron chi connectivity index (χ4n) is 0.342. The van der Waals surface area contributed by atoms with E-state index >= 15 is 0 Å². The zero-order valence-corrected chi connectivity index (χ0v) is 9.12. The third-order valence-corrected chi connectivity index (χ3v) is 0.607. The van der Waals surface area contributed by atoms with Crippen LogP contribution < -0.4 is 0 Å². The predicted octanol–water partition coefficient (Wildman–Crippen LogP) is 2.75. The van der Waals surface area contributed by atoms with Crippen molar-refractivity contribution in [2.24, 2.45) is 0 Å². The van der Waals surface area contributed by atoms with E-state index in [1.54, 1.807) is 0 Å². The van der Waals surface area contributed by atoms with Gasteiger partial charge in [-0.15, -0.1) is 37.2 Å². The van der Waals surface area contributed by atoms with E-state index in [0.717, 1.165) is 0 Å². The van der Waals surface area contributed by atoms with Crippen molar-refractivity contribution in [1.82, 2.24) is 0 Å². The molecule has 0 radical (unpaired) electrons. The van der Waals surface area contributed by atoms with Crippen LogP contribution in [0.4, 0.5) is 0 Å². The molecule has 1 aromatic carbocycles. The molecule has 0 nitrogen and oxygen atoms in total. The Labute approximate surface area is 94.9 Å². The van der Waals surface area contributed by atoms with E-state index in [9.17, 15) is 0 Å². The molecular weight excluding hydrogens is 226 g/mol. The second-order valence-electron chi connectivity index (χ2n) is 1.08. The molecule has 0 N–H and O–H groups in total. The quantitative estimate of drug-likeness (QED) is 0.478. The van der Waals surface area contributed by atoms with Gasteiger partial charge in [0.15, 0.2) is 0 Å². The van der Waals surface area contributed by atoms with Crippen molar-refractivity contribution >= 4 is 37.2 Å². The summed E-state index contributed by atoms with van der Waals surface area (Å²) < 4.78 is 0. The SMILES string of the molecule is Cl.Cl.Cl.[Ti].[c-]1ccccc1. The Bertz CT molecular complexity index is 84.9. The second kappa shape index (κ2) is 16.4. The maximum atomic E-state index is 2.89. The van der Waals surface area contributed by atoms with Gasteiger partial charge in [0.05, 0.1) is 0 Å². The summed E-state index contributed by atoms with van der Waals surface area (Å²) in [7, 11) is 0. The van der Waals surface area contributed by atoms with Gasteiger partial charge >= 0.3 is 0 Å². The van der Waals surface area contributed by atoms with Crippen LogP contribution in [-0.2, 0) is 21.7 Å². The molecule has 1 rings (SSSR count). The maximum Gasteiger partial charge on any atom is 0 e. The van der Waals surface area contributed by atoms with Gasteiger partial charge in [0.1, 0.15) is 0 Å². The third kappa shape index (κ3) is 11.6. The van der Waals surface area contributed by atoms with Crippen molar-refractivity contribution in [2.75, 3.05) is 0 Å². The monoisotopic (exact) mass is 233 g/mol. The molecule has 0 bridgehead atoms. The van der Waals surface area contributed by atoms with E-state index in [2.05, 4.69) is 6.07 Å². The van der Waals surface area contributed by atoms with Crippen LogP contribution in [0.1, 0.15) is 0 Å². The van der Waals surface area contributed by atoms with Crippen LogP contribution >= 0.6 is 37.2 Å². The number of rotatable bonds is 0. The second-order valence-corrected chi connectivity index (χ2v) is 1.08. The van der Waals surface area contributed by atoms with Gasteiger partial charge in [0.25, 0.3) is 0 Å². The average molecular weight is 234 g/mol. The summed E-state index contributed by atoms with van der Waals surface area (Å²) in [4.78, 5) is 0. The van der Waals surface area contributed by atoms with Crippen LogP contribution in [-0.4, -0.2) is 0 Å². The van der Waals surface area contributed by atoms with Crippen molar-refractivity contribution < 1.29 is 21.7 Å². The Morgan fingerprint density at radius 3 is 1.20 bits per heavy atom. The minimum Gasteiger partial charge on any atom is -0.184 e. The molecule has 0 atom stereocenters. The van der Waals surface area contributed by atoms with Crippen molar-refractivity contribution in [3.63, 3.8) is 0 Å². The zero-order chi connectivity index (χ0) is 4.24. The Hall–Kier alpha value is 0.804. The first-order valence-corrected chi connectivity index (χ1v) is 1.91. The van der Waals surface area contributed by atoms with Gasteiger partial charge in [0.2, 0.25) is 0 Å². The van der Waals surface area contributed by atoms with Crippen LogP contribution in [0.15, 0.2) is 30.3 Å². The predicted molar refractivity (Wildman–Crippen MR) is 47.0 cm³/mol. The molecule has 0 heterocycles. The summed E-state index contributed by atoms with van der Waals surface area (Å²) in [6, 6.07) is 12.5. The van der Waals surface area contributed by atoms with E-state index < -0.39 is 0 Å². The van der Waals surface area contributed by atoms with E-state index in [1.807, 2.05) is 30.3 Å². The van der Waals surface area contributed by atoms with Gasteiger partial charge in [-0.05, 0) is 0 Å².